The summed E-state index contributed by atoms with van der Waals surface area (Å²) in [7, 11) is 2.16. The van der Waals surface area contributed by atoms with Crippen molar-refractivity contribution >= 4 is 0 Å². The van der Waals surface area contributed by atoms with Gasteiger partial charge in [0.2, 0.25) is 0 Å². The summed E-state index contributed by atoms with van der Waals surface area (Å²) < 4.78 is 0. The molecule has 2 rings (SSSR count). The molecular formula is C9H16N4. The molecule has 1 aliphatic heterocycles. The molecule has 72 valence electrons. The number of H-pyrrole nitrogens is 1. The predicted octanol–water partition coefficient (Wildman–Crippen LogP) is 0.203. The third-order valence-electron chi connectivity index (χ3n) is 2.50. The second-order valence-corrected chi connectivity index (χ2v) is 3.66. The maximum absolute atomic E-state index is 4.16. The van der Waals surface area contributed by atoms with E-state index in [0.717, 1.165) is 18.9 Å². The van der Waals surface area contributed by atoms with Crippen molar-refractivity contribution < 1.29 is 0 Å². The smallest absolute Gasteiger partial charge is 0.120 e. The van der Waals surface area contributed by atoms with Crippen LogP contribution < -0.4 is 5.32 Å². The van der Waals surface area contributed by atoms with E-state index >= 15 is 0 Å². The first kappa shape index (κ1) is 8.72. The fourth-order valence-corrected chi connectivity index (χ4v) is 1.74. The molecule has 1 saturated heterocycles. The van der Waals surface area contributed by atoms with Gasteiger partial charge in [-0.25, -0.2) is 4.98 Å². The summed E-state index contributed by atoms with van der Waals surface area (Å²) in [5, 5.41) is 3.48. The highest BCUT2D eigenvalue weighted by Crippen LogP contribution is 2.06. The molecule has 0 aliphatic carbocycles. The second-order valence-electron chi connectivity index (χ2n) is 3.66. The van der Waals surface area contributed by atoms with Crippen LogP contribution in [0.3, 0.4) is 0 Å². The topological polar surface area (TPSA) is 44.0 Å². The lowest BCUT2D eigenvalue weighted by Gasteiger charge is -2.11. The molecule has 0 bridgehead atoms. The number of rotatable bonds is 3. The van der Waals surface area contributed by atoms with Gasteiger partial charge in [-0.05, 0) is 20.0 Å². The lowest BCUT2D eigenvalue weighted by molar-refractivity contribution is 0.397. The summed E-state index contributed by atoms with van der Waals surface area (Å²) in [5.41, 5.74) is 0. The van der Waals surface area contributed by atoms with Crippen LogP contribution in [-0.2, 0) is 6.54 Å². The Labute approximate surface area is 78.4 Å². The van der Waals surface area contributed by atoms with Crippen molar-refractivity contribution in [2.24, 2.45) is 0 Å². The summed E-state index contributed by atoms with van der Waals surface area (Å²) >= 11 is 0. The van der Waals surface area contributed by atoms with Crippen LogP contribution >= 0.6 is 0 Å². The summed E-state index contributed by atoms with van der Waals surface area (Å²) in [6.07, 6.45) is 4.90. The van der Waals surface area contributed by atoms with Crippen molar-refractivity contribution in [2.45, 2.75) is 19.0 Å². The van der Waals surface area contributed by atoms with E-state index in [2.05, 4.69) is 27.2 Å². The minimum absolute atomic E-state index is 0.634. The van der Waals surface area contributed by atoms with Crippen LogP contribution in [0.25, 0.3) is 0 Å². The monoisotopic (exact) mass is 180 g/mol. The Bertz CT molecular complexity index is 244. The molecule has 0 saturated carbocycles. The van der Waals surface area contributed by atoms with Gasteiger partial charge in [0.05, 0.1) is 6.54 Å². The second kappa shape index (κ2) is 3.89. The number of hydrogen-bond donors (Lipinski definition) is 2. The van der Waals surface area contributed by atoms with Gasteiger partial charge < -0.3 is 15.2 Å². The molecule has 0 unspecified atom stereocenters. The number of aromatic nitrogens is 2. The Morgan fingerprint density at radius 2 is 2.69 bits per heavy atom. The zero-order valence-electron chi connectivity index (χ0n) is 7.95. The number of nitrogens with one attached hydrogen (secondary N) is 2. The van der Waals surface area contributed by atoms with E-state index in [0.29, 0.717) is 6.04 Å². The van der Waals surface area contributed by atoms with Crippen LogP contribution in [0.4, 0.5) is 0 Å². The zero-order valence-corrected chi connectivity index (χ0v) is 7.95. The number of nitrogens with zero attached hydrogens (tertiary/aromatic N) is 2. The summed E-state index contributed by atoms with van der Waals surface area (Å²) in [4.78, 5) is 9.60. The van der Waals surface area contributed by atoms with Crippen molar-refractivity contribution in [1.82, 2.24) is 20.2 Å². The zero-order chi connectivity index (χ0) is 9.10. The molecule has 1 atom stereocenters. The molecule has 2 N–H and O–H groups in total. The highest BCUT2D eigenvalue weighted by Gasteiger charge is 2.18. The van der Waals surface area contributed by atoms with Gasteiger partial charge in [0, 0.05) is 25.0 Å². The first-order valence-electron chi connectivity index (χ1n) is 4.75. The first-order valence-corrected chi connectivity index (χ1v) is 4.75. The quantitative estimate of drug-likeness (QED) is 0.698. The molecule has 1 aromatic heterocycles. The third kappa shape index (κ3) is 2.29. The van der Waals surface area contributed by atoms with Crippen LogP contribution in [0.15, 0.2) is 12.4 Å². The van der Waals surface area contributed by atoms with Crippen molar-refractivity contribution in [1.29, 1.82) is 0 Å². The molecule has 1 aliphatic rings. The Morgan fingerprint density at radius 3 is 3.31 bits per heavy atom. The minimum Gasteiger partial charge on any atom is -0.348 e. The van der Waals surface area contributed by atoms with E-state index in [4.69, 9.17) is 0 Å². The number of likely N-dealkylation sites (N-methyl/N-ethyl adjacent to an activating group) is 1. The van der Waals surface area contributed by atoms with E-state index in [1.54, 1.807) is 6.20 Å². The average Bonchev–Trinajstić information content (AvgIpc) is 2.71. The van der Waals surface area contributed by atoms with Gasteiger partial charge in [-0.15, -0.1) is 0 Å². The molecule has 0 spiro atoms. The predicted molar refractivity (Wildman–Crippen MR) is 51.3 cm³/mol. The molecule has 2 heterocycles. The van der Waals surface area contributed by atoms with Crippen LogP contribution in [0.1, 0.15) is 12.2 Å². The van der Waals surface area contributed by atoms with E-state index in [1.165, 1.54) is 13.0 Å². The van der Waals surface area contributed by atoms with Gasteiger partial charge in [-0.2, -0.15) is 0 Å². The van der Waals surface area contributed by atoms with Gasteiger partial charge >= 0.3 is 0 Å². The molecule has 0 aromatic carbocycles. The fraction of sp³-hybridized carbons (Fsp3) is 0.667. The fourth-order valence-electron chi connectivity index (χ4n) is 1.74. The van der Waals surface area contributed by atoms with Crippen molar-refractivity contribution in [3.8, 4) is 0 Å². The van der Waals surface area contributed by atoms with Gasteiger partial charge in [0.1, 0.15) is 5.82 Å². The van der Waals surface area contributed by atoms with Crippen molar-refractivity contribution in [3.63, 3.8) is 0 Å². The van der Waals surface area contributed by atoms with E-state index in [1.807, 2.05) is 6.20 Å². The lowest BCUT2D eigenvalue weighted by Crippen LogP contribution is -2.31. The maximum Gasteiger partial charge on any atom is 0.120 e. The first-order chi connectivity index (χ1) is 6.34. The van der Waals surface area contributed by atoms with Gasteiger partial charge in [0.15, 0.2) is 0 Å². The average molecular weight is 180 g/mol. The van der Waals surface area contributed by atoms with Crippen LogP contribution in [0.2, 0.25) is 0 Å². The van der Waals surface area contributed by atoms with Gasteiger partial charge in [-0.3, -0.25) is 0 Å². The lowest BCUT2D eigenvalue weighted by atomic mass is 10.2. The largest absolute Gasteiger partial charge is 0.348 e. The van der Waals surface area contributed by atoms with Crippen LogP contribution in [0.5, 0.6) is 0 Å². The molecule has 4 nitrogen and oxygen atoms in total. The van der Waals surface area contributed by atoms with E-state index < -0.39 is 0 Å². The minimum atomic E-state index is 0.634. The molecule has 13 heavy (non-hydrogen) atoms. The Kier molecular flexibility index (Phi) is 2.61. The van der Waals surface area contributed by atoms with Crippen molar-refractivity contribution in [3.05, 3.63) is 18.2 Å². The van der Waals surface area contributed by atoms with E-state index in [9.17, 15) is 0 Å². The maximum atomic E-state index is 4.16. The van der Waals surface area contributed by atoms with Crippen LogP contribution in [-0.4, -0.2) is 41.0 Å². The standard InChI is InChI=1S/C9H16N4/c1-13-5-2-8(7-13)12-6-9-10-3-4-11-9/h3-4,8,12H,2,5-7H2,1H3,(H,10,11)/t8-/m1/s1. The van der Waals surface area contributed by atoms with Crippen molar-refractivity contribution in [2.75, 3.05) is 20.1 Å². The van der Waals surface area contributed by atoms with Crippen LogP contribution in [0, 0.1) is 0 Å². The highest BCUT2D eigenvalue weighted by molar-refractivity contribution is 4.88. The third-order valence-corrected chi connectivity index (χ3v) is 2.50. The molecular weight excluding hydrogens is 164 g/mol. The Morgan fingerprint density at radius 1 is 1.77 bits per heavy atom. The summed E-state index contributed by atoms with van der Waals surface area (Å²) in [6, 6.07) is 0.634. The molecule has 1 fully saturated rings. The number of likely N-dealkylation sites (tertiary alicyclic amines) is 1. The Hall–Kier alpha value is -0.870. The molecule has 1 aromatic rings. The number of hydrogen-bond acceptors (Lipinski definition) is 3. The number of imidazole rings is 1. The summed E-state index contributed by atoms with van der Waals surface area (Å²) in [5.74, 6) is 1.02. The highest BCUT2D eigenvalue weighted by atomic mass is 15.2. The molecule has 4 heteroatoms. The molecule has 0 radical (unpaired) electrons. The number of aromatic amines is 1. The normalized spacial score (nSPS) is 23.9. The van der Waals surface area contributed by atoms with Gasteiger partial charge in [0.25, 0.3) is 0 Å². The Balaban J connectivity index is 1.74. The van der Waals surface area contributed by atoms with E-state index in [-0.39, 0.29) is 0 Å². The SMILES string of the molecule is CN1CC[C@@H](NCc2ncc[nH]2)C1. The summed E-state index contributed by atoms with van der Waals surface area (Å²) in [6.45, 7) is 3.21. The molecule has 0 amide bonds. The van der Waals surface area contributed by atoms with Gasteiger partial charge in [-0.1, -0.05) is 0 Å².